The van der Waals surface area contributed by atoms with E-state index in [1.807, 2.05) is 58.9 Å². The average molecular weight is 659 g/mol. The Balaban J connectivity index is 2.09. The molecule has 1 N–H and O–H groups in total. The number of hydrogen-bond donors (Lipinski definition) is 1. The lowest BCUT2D eigenvalue weighted by Crippen LogP contribution is -2.53. The van der Waals surface area contributed by atoms with Gasteiger partial charge in [0.05, 0.1) is 22.2 Å². The molecule has 0 heterocycles. The third-order valence-corrected chi connectivity index (χ3v) is 9.69. The molecule has 3 aromatic carbocycles. The second kappa shape index (κ2) is 14.7. The van der Waals surface area contributed by atoms with Crippen molar-refractivity contribution < 1.29 is 22.7 Å². The third-order valence-electron chi connectivity index (χ3n) is 7.30. The fourth-order valence-electron chi connectivity index (χ4n) is 4.51. The standard InChI is InChI=1S/C32H40BrN3O5S/c1-7-24(5)34-32(38)29(8-2)35(20-25-12-10-9-11-23(25)4)31(37)21-36(26-15-13-22(3)14-16-26)42(39,40)27-17-18-30(41-6)28(33)19-27/h9-19,24,29H,7-8,20-21H2,1-6H3,(H,34,38). The van der Waals surface area contributed by atoms with Crippen LogP contribution in [0, 0.1) is 13.8 Å². The molecule has 2 unspecified atom stereocenters. The number of nitrogens with one attached hydrogen (secondary N) is 1. The summed E-state index contributed by atoms with van der Waals surface area (Å²) in [6.45, 7) is 9.26. The normalized spacial score (nSPS) is 12.7. The van der Waals surface area contributed by atoms with Crippen LogP contribution in [0.2, 0.25) is 0 Å². The summed E-state index contributed by atoms with van der Waals surface area (Å²) in [5.74, 6) is -0.270. The largest absolute Gasteiger partial charge is 0.496 e. The minimum Gasteiger partial charge on any atom is -0.496 e. The first-order valence-corrected chi connectivity index (χ1v) is 16.2. The first kappa shape index (κ1) is 33.1. The molecule has 0 aliphatic heterocycles. The molecule has 0 aliphatic rings. The van der Waals surface area contributed by atoms with Gasteiger partial charge in [0.25, 0.3) is 10.0 Å². The molecule has 0 radical (unpaired) electrons. The van der Waals surface area contributed by atoms with Crippen LogP contribution in [0.15, 0.2) is 76.1 Å². The second-order valence-electron chi connectivity index (χ2n) is 10.3. The summed E-state index contributed by atoms with van der Waals surface area (Å²) in [6.07, 6.45) is 1.10. The molecular formula is C32H40BrN3O5S. The zero-order valence-corrected chi connectivity index (χ0v) is 27.5. The van der Waals surface area contributed by atoms with E-state index in [1.54, 1.807) is 30.3 Å². The minimum absolute atomic E-state index is 0.00411. The maximum atomic E-state index is 14.2. The van der Waals surface area contributed by atoms with Crippen LogP contribution in [0.1, 0.15) is 50.3 Å². The van der Waals surface area contributed by atoms with Gasteiger partial charge in [-0.3, -0.25) is 13.9 Å². The van der Waals surface area contributed by atoms with Gasteiger partial charge < -0.3 is 15.0 Å². The van der Waals surface area contributed by atoms with Crippen molar-refractivity contribution in [2.24, 2.45) is 0 Å². The number of benzene rings is 3. The molecule has 0 saturated heterocycles. The lowest BCUT2D eigenvalue weighted by atomic mass is 10.1. The number of rotatable bonds is 13. The highest BCUT2D eigenvalue weighted by atomic mass is 79.9. The van der Waals surface area contributed by atoms with Gasteiger partial charge in [0.1, 0.15) is 18.3 Å². The van der Waals surface area contributed by atoms with Gasteiger partial charge in [0, 0.05) is 12.6 Å². The molecule has 8 nitrogen and oxygen atoms in total. The SMILES string of the molecule is CCC(C)NC(=O)C(CC)N(Cc1ccccc1C)C(=O)CN(c1ccc(C)cc1)S(=O)(=O)c1ccc(OC)c(Br)c1. The van der Waals surface area contributed by atoms with Crippen LogP contribution in [0.5, 0.6) is 5.75 Å². The number of carbonyl (C=O) groups is 2. The average Bonchev–Trinajstić information content (AvgIpc) is 2.96. The molecule has 10 heteroatoms. The Morgan fingerprint density at radius 1 is 0.976 bits per heavy atom. The number of hydrogen-bond acceptors (Lipinski definition) is 5. The number of aryl methyl sites for hydroxylation is 2. The summed E-state index contributed by atoms with van der Waals surface area (Å²) in [6, 6.07) is 18.2. The Hall–Kier alpha value is -3.37. The fraction of sp³-hybridized carbons (Fsp3) is 0.375. The van der Waals surface area contributed by atoms with Crippen molar-refractivity contribution >= 4 is 43.5 Å². The lowest BCUT2D eigenvalue weighted by molar-refractivity contribution is -0.140. The maximum Gasteiger partial charge on any atom is 0.264 e. The molecule has 3 rings (SSSR count). The number of ether oxygens (including phenoxy) is 1. The van der Waals surface area contributed by atoms with E-state index in [1.165, 1.54) is 24.1 Å². The molecule has 0 fully saturated rings. The van der Waals surface area contributed by atoms with Crippen LogP contribution >= 0.6 is 15.9 Å². The highest BCUT2D eigenvalue weighted by molar-refractivity contribution is 9.10. The molecule has 226 valence electrons. The van der Waals surface area contributed by atoms with Crippen LogP contribution in [0.3, 0.4) is 0 Å². The maximum absolute atomic E-state index is 14.2. The molecule has 0 saturated carbocycles. The van der Waals surface area contributed by atoms with Crippen LogP contribution in [-0.4, -0.2) is 50.9 Å². The second-order valence-corrected chi connectivity index (χ2v) is 13.1. The van der Waals surface area contributed by atoms with Crippen molar-refractivity contribution in [1.29, 1.82) is 0 Å². The predicted molar refractivity (Wildman–Crippen MR) is 170 cm³/mol. The van der Waals surface area contributed by atoms with Crippen LogP contribution in [0.25, 0.3) is 0 Å². The Bertz CT molecular complexity index is 1490. The smallest absolute Gasteiger partial charge is 0.264 e. The number of anilines is 1. The van der Waals surface area contributed by atoms with E-state index in [-0.39, 0.29) is 23.4 Å². The molecule has 2 amide bonds. The van der Waals surface area contributed by atoms with E-state index < -0.39 is 28.5 Å². The van der Waals surface area contributed by atoms with E-state index >= 15 is 0 Å². The van der Waals surface area contributed by atoms with Crippen molar-refractivity contribution in [2.75, 3.05) is 18.0 Å². The van der Waals surface area contributed by atoms with Crippen LogP contribution < -0.4 is 14.4 Å². The number of halogens is 1. The van der Waals surface area contributed by atoms with Crippen LogP contribution in [-0.2, 0) is 26.2 Å². The molecule has 2 atom stereocenters. The Labute approximate surface area is 258 Å². The number of amides is 2. The predicted octanol–water partition coefficient (Wildman–Crippen LogP) is 5.99. The van der Waals surface area contributed by atoms with Gasteiger partial charge in [0.2, 0.25) is 11.8 Å². The van der Waals surface area contributed by atoms with E-state index in [2.05, 4.69) is 21.2 Å². The fourth-order valence-corrected chi connectivity index (χ4v) is 6.64. The van der Waals surface area contributed by atoms with Gasteiger partial charge in [-0.2, -0.15) is 0 Å². The van der Waals surface area contributed by atoms with Gasteiger partial charge in [-0.05, 0) is 91.0 Å². The van der Waals surface area contributed by atoms with E-state index in [4.69, 9.17) is 4.74 Å². The minimum atomic E-state index is -4.20. The zero-order valence-electron chi connectivity index (χ0n) is 25.1. The number of sulfonamides is 1. The van der Waals surface area contributed by atoms with Crippen molar-refractivity contribution in [2.45, 2.75) is 71.0 Å². The van der Waals surface area contributed by atoms with Gasteiger partial charge in [-0.15, -0.1) is 0 Å². The number of nitrogens with zero attached hydrogens (tertiary/aromatic N) is 2. The Morgan fingerprint density at radius 3 is 2.21 bits per heavy atom. The van der Waals surface area contributed by atoms with Gasteiger partial charge >= 0.3 is 0 Å². The topological polar surface area (TPSA) is 96.0 Å². The highest BCUT2D eigenvalue weighted by Gasteiger charge is 2.34. The number of methoxy groups -OCH3 is 1. The molecule has 3 aromatic rings. The van der Waals surface area contributed by atoms with Gasteiger partial charge in [-0.1, -0.05) is 55.8 Å². The van der Waals surface area contributed by atoms with Crippen molar-refractivity contribution in [3.63, 3.8) is 0 Å². The first-order valence-electron chi connectivity index (χ1n) is 14.0. The van der Waals surface area contributed by atoms with E-state index in [0.29, 0.717) is 22.3 Å². The van der Waals surface area contributed by atoms with E-state index in [9.17, 15) is 18.0 Å². The van der Waals surface area contributed by atoms with Gasteiger partial charge in [-0.25, -0.2) is 8.42 Å². The summed E-state index contributed by atoms with van der Waals surface area (Å²) in [4.78, 5) is 29.1. The first-order chi connectivity index (χ1) is 19.9. The quantitative estimate of drug-likeness (QED) is 0.244. The molecule has 0 aromatic heterocycles. The van der Waals surface area contributed by atoms with E-state index in [0.717, 1.165) is 27.4 Å². The summed E-state index contributed by atoms with van der Waals surface area (Å²) >= 11 is 3.37. The molecule has 0 bridgehead atoms. The van der Waals surface area contributed by atoms with Gasteiger partial charge in [0.15, 0.2) is 0 Å². The monoisotopic (exact) mass is 657 g/mol. The molecule has 42 heavy (non-hydrogen) atoms. The summed E-state index contributed by atoms with van der Waals surface area (Å²) in [7, 11) is -2.70. The van der Waals surface area contributed by atoms with Crippen LogP contribution in [0.4, 0.5) is 5.69 Å². The van der Waals surface area contributed by atoms with Crippen molar-refractivity contribution in [3.8, 4) is 5.75 Å². The molecule has 0 spiro atoms. The van der Waals surface area contributed by atoms with Crippen molar-refractivity contribution in [1.82, 2.24) is 10.2 Å². The summed E-state index contributed by atoms with van der Waals surface area (Å²) in [5.41, 5.74) is 3.14. The third kappa shape index (κ3) is 7.92. The molecule has 0 aliphatic carbocycles. The Kier molecular flexibility index (Phi) is 11.6. The summed E-state index contributed by atoms with van der Waals surface area (Å²) < 4.78 is 35.1. The summed E-state index contributed by atoms with van der Waals surface area (Å²) in [5, 5.41) is 3.00. The highest BCUT2D eigenvalue weighted by Crippen LogP contribution is 2.31. The lowest BCUT2D eigenvalue weighted by Gasteiger charge is -2.34. The molecular weight excluding hydrogens is 618 g/mol. The number of carbonyl (C=O) groups excluding carboxylic acids is 2. The zero-order chi connectivity index (χ0) is 31.0. The Morgan fingerprint density at radius 2 is 1.64 bits per heavy atom. The van der Waals surface area contributed by atoms with Crippen molar-refractivity contribution in [3.05, 3.63) is 87.9 Å².